The fourth-order valence-electron chi connectivity index (χ4n) is 1.49. The fraction of sp³-hybridized carbons (Fsp3) is 0.500. The highest BCUT2D eigenvalue weighted by molar-refractivity contribution is 7.98. The third kappa shape index (κ3) is 4.84. The Morgan fingerprint density at radius 3 is 2.83 bits per heavy atom. The highest BCUT2D eigenvalue weighted by atomic mass is 35.5. The normalized spacial score (nSPS) is 14.1. The number of nitrogens with one attached hydrogen (secondary N) is 1. The van der Waals surface area contributed by atoms with Crippen molar-refractivity contribution in [3.63, 3.8) is 0 Å². The van der Waals surface area contributed by atoms with Crippen LogP contribution < -0.4 is 5.32 Å². The number of halogens is 1. The van der Waals surface area contributed by atoms with Crippen LogP contribution in [0.25, 0.3) is 0 Å². The molecule has 1 aromatic heterocycles. The van der Waals surface area contributed by atoms with E-state index in [1.807, 2.05) is 6.26 Å². The van der Waals surface area contributed by atoms with Crippen molar-refractivity contribution in [3.05, 3.63) is 28.5 Å². The minimum Gasteiger partial charge on any atom is -0.387 e. The monoisotopic (exact) mass is 288 g/mol. The largest absolute Gasteiger partial charge is 0.387 e. The van der Waals surface area contributed by atoms with Gasteiger partial charge >= 0.3 is 0 Å². The quantitative estimate of drug-likeness (QED) is 0.812. The van der Waals surface area contributed by atoms with Gasteiger partial charge in [-0.3, -0.25) is 4.79 Å². The van der Waals surface area contributed by atoms with Crippen LogP contribution in [0.3, 0.4) is 0 Å². The SMILES string of the molecule is CSCC(C)(O)CNC(=O)c1cc(C)nc(Cl)c1. The maximum Gasteiger partial charge on any atom is 0.251 e. The Balaban J connectivity index is 2.66. The lowest BCUT2D eigenvalue weighted by Crippen LogP contribution is -2.42. The maximum atomic E-state index is 11.9. The van der Waals surface area contributed by atoms with Crippen molar-refractivity contribution in [1.82, 2.24) is 10.3 Å². The molecule has 1 atom stereocenters. The van der Waals surface area contributed by atoms with E-state index in [4.69, 9.17) is 11.6 Å². The number of hydrogen-bond donors (Lipinski definition) is 2. The van der Waals surface area contributed by atoms with Gasteiger partial charge in [-0.1, -0.05) is 11.6 Å². The molecular weight excluding hydrogens is 272 g/mol. The molecule has 1 aromatic rings. The van der Waals surface area contributed by atoms with E-state index in [1.165, 1.54) is 17.8 Å². The molecule has 1 rings (SSSR count). The van der Waals surface area contributed by atoms with Gasteiger partial charge < -0.3 is 10.4 Å². The summed E-state index contributed by atoms with van der Waals surface area (Å²) in [5.74, 6) is 0.299. The Morgan fingerprint density at radius 2 is 2.28 bits per heavy atom. The van der Waals surface area contributed by atoms with Crippen LogP contribution in [0.4, 0.5) is 0 Å². The van der Waals surface area contributed by atoms with Gasteiger partial charge in [-0.15, -0.1) is 0 Å². The zero-order valence-electron chi connectivity index (χ0n) is 10.7. The zero-order valence-corrected chi connectivity index (χ0v) is 12.2. The second-order valence-electron chi connectivity index (χ2n) is 4.43. The number of amides is 1. The molecule has 1 amide bonds. The van der Waals surface area contributed by atoms with Gasteiger partial charge in [-0.05, 0) is 32.2 Å². The van der Waals surface area contributed by atoms with E-state index < -0.39 is 5.60 Å². The van der Waals surface area contributed by atoms with E-state index in [0.717, 1.165) is 0 Å². The van der Waals surface area contributed by atoms with Crippen molar-refractivity contribution in [2.24, 2.45) is 0 Å². The van der Waals surface area contributed by atoms with Crippen LogP contribution in [0.2, 0.25) is 5.15 Å². The summed E-state index contributed by atoms with van der Waals surface area (Å²) in [5, 5.41) is 12.9. The van der Waals surface area contributed by atoms with E-state index in [9.17, 15) is 9.90 Å². The number of hydrogen-bond acceptors (Lipinski definition) is 4. The molecule has 0 saturated heterocycles. The number of carbonyl (C=O) groups excluding carboxylic acids is 1. The number of nitrogens with zero attached hydrogens (tertiary/aromatic N) is 1. The molecule has 100 valence electrons. The Bertz CT molecular complexity index is 418. The molecular formula is C12H17ClN2O2S. The predicted octanol–water partition coefficient (Wildman–Crippen LogP) is 1.89. The lowest BCUT2D eigenvalue weighted by Gasteiger charge is -2.22. The molecule has 6 heteroatoms. The first-order valence-corrected chi connectivity index (χ1v) is 7.25. The summed E-state index contributed by atoms with van der Waals surface area (Å²) in [7, 11) is 0. The molecule has 0 spiro atoms. The number of aryl methyl sites for hydroxylation is 1. The van der Waals surface area contributed by atoms with Crippen LogP contribution in [0.5, 0.6) is 0 Å². The Hall–Kier alpha value is -0.780. The summed E-state index contributed by atoms with van der Waals surface area (Å²) in [4.78, 5) is 15.9. The van der Waals surface area contributed by atoms with Crippen molar-refractivity contribution in [3.8, 4) is 0 Å². The van der Waals surface area contributed by atoms with Gasteiger partial charge in [0.25, 0.3) is 5.91 Å². The van der Waals surface area contributed by atoms with Gasteiger partial charge in [0.05, 0.1) is 5.60 Å². The smallest absolute Gasteiger partial charge is 0.251 e. The van der Waals surface area contributed by atoms with Crippen LogP contribution in [0, 0.1) is 6.92 Å². The van der Waals surface area contributed by atoms with Crippen molar-refractivity contribution in [2.45, 2.75) is 19.4 Å². The van der Waals surface area contributed by atoms with E-state index in [-0.39, 0.29) is 17.6 Å². The van der Waals surface area contributed by atoms with E-state index in [0.29, 0.717) is 17.0 Å². The van der Waals surface area contributed by atoms with Crippen molar-refractivity contribution < 1.29 is 9.90 Å². The second-order valence-corrected chi connectivity index (χ2v) is 5.69. The topological polar surface area (TPSA) is 62.2 Å². The third-order valence-electron chi connectivity index (χ3n) is 2.27. The molecule has 0 fully saturated rings. The highest BCUT2D eigenvalue weighted by Crippen LogP contribution is 2.12. The first kappa shape index (κ1) is 15.3. The number of pyridine rings is 1. The molecule has 1 heterocycles. The first-order chi connectivity index (χ1) is 8.34. The number of rotatable bonds is 5. The van der Waals surface area contributed by atoms with E-state index >= 15 is 0 Å². The number of carbonyl (C=O) groups is 1. The third-order valence-corrected chi connectivity index (χ3v) is 3.37. The van der Waals surface area contributed by atoms with E-state index in [1.54, 1.807) is 19.9 Å². The molecule has 1 unspecified atom stereocenters. The number of aliphatic hydroxyl groups is 1. The number of aromatic nitrogens is 1. The van der Waals surface area contributed by atoms with Gasteiger partial charge in [0, 0.05) is 23.6 Å². The van der Waals surface area contributed by atoms with Gasteiger partial charge in [0.2, 0.25) is 0 Å². The van der Waals surface area contributed by atoms with Crippen molar-refractivity contribution in [1.29, 1.82) is 0 Å². The molecule has 0 radical (unpaired) electrons. The summed E-state index contributed by atoms with van der Waals surface area (Å²) >= 11 is 7.32. The second kappa shape index (κ2) is 6.41. The van der Waals surface area contributed by atoms with Crippen LogP contribution in [0.1, 0.15) is 23.0 Å². The molecule has 0 aliphatic rings. The van der Waals surface area contributed by atoms with Crippen LogP contribution in [-0.4, -0.2) is 40.2 Å². The summed E-state index contributed by atoms with van der Waals surface area (Å²) < 4.78 is 0. The summed E-state index contributed by atoms with van der Waals surface area (Å²) in [5.41, 5.74) is 0.219. The Morgan fingerprint density at radius 1 is 1.61 bits per heavy atom. The van der Waals surface area contributed by atoms with Crippen LogP contribution in [-0.2, 0) is 0 Å². The van der Waals surface area contributed by atoms with E-state index in [2.05, 4.69) is 10.3 Å². The first-order valence-electron chi connectivity index (χ1n) is 5.48. The predicted molar refractivity (Wildman–Crippen MR) is 75.3 cm³/mol. The maximum absolute atomic E-state index is 11.9. The van der Waals surface area contributed by atoms with Gasteiger partial charge in [-0.25, -0.2) is 4.98 Å². The minimum atomic E-state index is -0.916. The average Bonchev–Trinajstić information content (AvgIpc) is 2.24. The van der Waals surface area contributed by atoms with Crippen molar-refractivity contribution in [2.75, 3.05) is 18.6 Å². The minimum absolute atomic E-state index is 0.200. The summed E-state index contributed by atoms with van der Waals surface area (Å²) in [6.45, 7) is 3.66. The standard InChI is InChI=1S/C12H17ClN2O2S/c1-8-4-9(5-10(13)15-8)11(16)14-6-12(2,17)7-18-3/h4-5,17H,6-7H2,1-3H3,(H,14,16). The molecule has 18 heavy (non-hydrogen) atoms. The lowest BCUT2D eigenvalue weighted by atomic mass is 10.1. The zero-order chi connectivity index (χ0) is 13.8. The van der Waals surface area contributed by atoms with Crippen molar-refractivity contribution >= 4 is 29.3 Å². The molecule has 2 N–H and O–H groups in total. The highest BCUT2D eigenvalue weighted by Gasteiger charge is 2.20. The van der Waals surface area contributed by atoms with Gasteiger partial charge in [0.15, 0.2) is 0 Å². The molecule has 0 aliphatic heterocycles. The molecule has 0 saturated carbocycles. The fourth-order valence-corrected chi connectivity index (χ4v) is 2.47. The summed E-state index contributed by atoms with van der Waals surface area (Å²) in [6.07, 6.45) is 1.91. The Kier molecular flexibility index (Phi) is 5.44. The summed E-state index contributed by atoms with van der Waals surface area (Å²) in [6, 6.07) is 3.16. The molecule has 0 aromatic carbocycles. The van der Waals surface area contributed by atoms with Gasteiger partial charge in [0.1, 0.15) is 5.15 Å². The average molecular weight is 289 g/mol. The Labute approximate surface area is 116 Å². The molecule has 0 aliphatic carbocycles. The molecule has 0 bridgehead atoms. The lowest BCUT2D eigenvalue weighted by molar-refractivity contribution is 0.0725. The number of thioether (sulfide) groups is 1. The molecule has 4 nitrogen and oxygen atoms in total. The van der Waals surface area contributed by atoms with Crippen LogP contribution in [0.15, 0.2) is 12.1 Å². The van der Waals surface area contributed by atoms with Crippen LogP contribution >= 0.6 is 23.4 Å². The van der Waals surface area contributed by atoms with Gasteiger partial charge in [-0.2, -0.15) is 11.8 Å².